The normalized spacial score (nSPS) is 14.4. The molecule has 2 unspecified atom stereocenters. The van der Waals surface area contributed by atoms with Gasteiger partial charge in [0, 0.05) is 30.3 Å². The minimum Gasteiger partial charge on any atom is -0.370 e. The largest absolute Gasteiger partial charge is 0.370 e. The van der Waals surface area contributed by atoms with E-state index >= 15 is 0 Å². The molecule has 0 fully saturated rings. The Labute approximate surface area is 100 Å². The number of aromatic nitrogens is 1. The Balaban J connectivity index is 2.62. The number of hydrogen-bond donors (Lipinski definition) is 2. The summed E-state index contributed by atoms with van der Waals surface area (Å²) in [5.41, 5.74) is 6.04. The lowest BCUT2D eigenvalue weighted by molar-refractivity contribution is -0.118. The molecule has 88 valence electrons. The van der Waals surface area contributed by atoms with Crippen LogP contribution in [0.15, 0.2) is 18.3 Å². The van der Waals surface area contributed by atoms with Gasteiger partial charge >= 0.3 is 0 Å². The van der Waals surface area contributed by atoms with Gasteiger partial charge in [0.2, 0.25) is 5.91 Å². The van der Waals surface area contributed by atoms with Crippen molar-refractivity contribution >= 4 is 17.5 Å². The second-order valence-corrected chi connectivity index (χ2v) is 4.20. The molecule has 4 nitrogen and oxygen atoms in total. The maximum Gasteiger partial charge on any atom is 0.218 e. The summed E-state index contributed by atoms with van der Waals surface area (Å²) in [5, 5.41) is 3.72. The Morgan fingerprint density at radius 1 is 1.62 bits per heavy atom. The number of pyridine rings is 1. The lowest BCUT2D eigenvalue weighted by Crippen LogP contribution is -2.33. The number of nitrogens with zero attached hydrogens (tertiary/aromatic N) is 1. The molecule has 0 bridgehead atoms. The molecule has 0 spiro atoms. The van der Waals surface area contributed by atoms with Gasteiger partial charge in [-0.3, -0.25) is 4.79 Å². The van der Waals surface area contributed by atoms with Gasteiger partial charge in [0.1, 0.15) is 5.15 Å². The minimum absolute atomic E-state index is 0.0174. The first-order valence-electron chi connectivity index (χ1n) is 5.15. The molecule has 2 atom stereocenters. The predicted octanol–water partition coefficient (Wildman–Crippen LogP) is 1.65. The lowest BCUT2D eigenvalue weighted by atomic mass is 10.1. The number of primary amides is 1. The molecule has 0 saturated heterocycles. The molecular weight excluding hydrogens is 226 g/mol. The third-order valence-electron chi connectivity index (χ3n) is 2.30. The van der Waals surface area contributed by atoms with Gasteiger partial charge < -0.3 is 11.1 Å². The Bertz CT molecular complexity index is 370. The van der Waals surface area contributed by atoms with Crippen LogP contribution in [0.5, 0.6) is 0 Å². The summed E-state index contributed by atoms with van der Waals surface area (Å²) in [5.74, 6) is -0.315. The van der Waals surface area contributed by atoms with Gasteiger partial charge in [0.25, 0.3) is 0 Å². The summed E-state index contributed by atoms with van der Waals surface area (Å²) in [6, 6.07) is 3.79. The SMILES string of the molecule is CC(CC(N)=O)NC(C)c1cccnc1Cl. The Morgan fingerprint density at radius 2 is 2.31 bits per heavy atom. The number of amides is 1. The zero-order chi connectivity index (χ0) is 12.1. The van der Waals surface area contributed by atoms with E-state index in [1.54, 1.807) is 6.20 Å². The number of carbonyl (C=O) groups excluding carboxylic acids is 1. The standard InChI is InChI=1S/C11H16ClN3O/c1-7(6-10(13)16)15-8(2)9-4-3-5-14-11(9)12/h3-5,7-8,15H,6H2,1-2H3,(H2,13,16). The van der Waals surface area contributed by atoms with Gasteiger partial charge in [0.05, 0.1) is 0 Å². The number of nitrogens with one attached hydrogen (secondary N) is 1. The highest BCUT2D eigenvalue weighted by molar-refractivity contribution is 6.30. The average Bonchev–Trinajstić information content (AvgIpc) is 2.16. The third kappa shape index (κ3) is 3.79. The molecule has 0 aliphatic heterocycles. The van der Waals surface area contributed by atoms with Crippen molar-refractivity contribution < 1.29 is 4.79 Å². The van der Waals surface area contributed by atoms with Crippen molar-refractivity contribution in [3.8, 4) is 0 Å². The van der Waals surface area contributed by atoms with E-state index in [9.17, 15) is 4.79 Å². The monoisotopic (exact) mass is 241 g/mol. The number of rotatable bonds is 5. The van der Waals surface area contributed by atoms with E-state index in [-0.39, 0.29) is 18.0 Å². The van der Waals surface area contributed by atoms with Crippen LogP contribution in [-0.2, 0) is 4.79 Å². The van der Waals surface area contributed by atoms with E-state index in [0.29, 0.717) is 11.6 Å². The fourth-order valence-corrected chi connectivity index (χ4v) is 1.88. The van der Waals surface area contributed by atoms with Gasteiger partial charge in [-0.25, -0.2) is 4.98 Å². The Morgan fingerprint density at radius 3 is 2.88 bits per heavy atom. The summed E-state index contributed by atoms with van der Waals surface area (Å²) in [6.45, 7) is 3.88. The van der Waals surface area contributed by atoms with E-state index < -0.39 is 0 Å². The summed E-state index contributed by atoms with van der Waals surface area (Å²) in [7, 11) is 0. The van der Waals surface area contributed by atoms with Crippen molar-refractivity contribution in [2.24, 2.45) is 5.73 Å². The van der Waals surface area contributed by atoms with E-state index in [0.717, 1.165) is 5.56 Å². The second-order valence-electron chi connectivity index (χ2n) is 3.84. The van der Waals surface area contributed by atoms with Crippen molar-refractivity contribution in [3.05, 3.63) is 29.0 Å². The molecule has 1 aromatic rings. The van der Waals surface area contributed by atoms with Gasteiger partial charge in [-0.05, 0) is 19.9 Å². The van der Waals surface area contributed by atoms with Crippen LogP contribution in [0.1, 0.15) is 31.9 Å². The first-order chi connectivity index (χ1) is 7.50. The first kappa shape index (κ1) is 12.9. The molecular formula is C11H16ClN3O. The second kappa shape index (κ2) is 5.82. The van der Waals surface area contributed by atoms with E-state index in [4.69, 9.17) is 17.3 Å². The summed E-state index contributed by atoms with van der Waals surface area (Å²) < 4.78 is 0. The fraction of sp³-hybridized carbons (Fsp3) is 0.455. The topological polar surface area (TPSA) is 68.0 Å². The van der Waals surface area contributed by atoms with Crippen LogP contribution in [0.2, 0.25) is 5.15 Å². The van der Waals surface area contributed by atoms with Gasteiger partial charge in [0.15, 0.2) is 0 Å². The molecule has 1 rings (SSSR count). The predicted molar refractivity (Wildman–Crippen MR) is 64.1 cm³/mol. The fourth-order valence-electron chi connectivity index (χ4n) is 1.60. The van der Waals surface area contributed by atoms with E-state index in [1.165, 1.54) is 0 Å². The van der Waals surface area contributed by atoms with Crippen LogP contribution in [0, 0.1) is 0 Å². The molecule has 1 aromatic heterocycles. The molecule has 0 aliphatic rings. The molecule has 16 heavy (non-hydrogen) atoms. The lowest BCUT2D eigenvalue weighted by Gasteiger charge is -2.19. The zero-order valence-electron chi connectivity index (χ0n) is 9.40. The van der Waals surface area contributed by atoms with Crippen LogP contribution >= 0.6 is 11.6 Å². The Kier molecular flexibility index (Phi) is 4.71. The number of carbonyl (C=O) groups is 1. The third-order valence-corrected chi connectivity index (χ3v) is 2.61. The molecule has 0 radical (unpaired) electrons. The molecule has 0 aliphatic carbocycles. The Hall–Kier alpha value is -1.13. The molecule has 5 heteroatoms. The van der Waals surface area contributed by atoms with Gasteiger partial charge in [-0.2, -0.15) is 0 Å². The summed E-state index contributed by atoms with van der Waals surface area (Å²) in [6.07, 6.45) is 1.95. The van der Waals surface area contributed by atoms with Crippen LogP contribution in [0.25, 0.3) is 0 Å². The molecule has 0 saturated carbocycles. The van der Waals surface area contributed by atoms with Crippen LogP contribution in [0.4, 0.5) is 0 Å². The smallest absolute Gasteiger partial charge is 0.218 e. The van der Waals surface area contributed by atoms with Crippen LogP contribution < -0.4 is 11.1 Å². The highest BCUT2D eigenvalue weighted by atomic mass is 35.5. The number of hydrogen-bond acceptors (Lipinski definition) is 3. The summed E-state index contributed by atoms with van der Waals surface area (Å²) in [4.78, 5) is 14.7. The highest BCUT2D eigenvalue weighted by Crippen LogP contribution is 2.20. The zero-order valence-corrected chi connectivity index (χ0v) is 10.2. The van der Waals surface area contributed by atoms with E-state index in [2.05, 4.69) is 10.3 Å². The summed E-state index contributed by atoms with van der Waals surface area (Å²) >= 11 is 5.97. The molecule has 1 heterocycles. The minimum atomic E-state index is -0.315. The van der Waals surface area contributed by atoms with Crippen LogP contribution in [0.3, 0.4) is 0 Å². The molecule has 0 aromatic carbocycles. The van der Waals surface area contributed by atoms with Crippen molar-refractivity contribution in [2.75, 3.05) is 0 Å². The highest BCUT2D eigenvalue weighted by Gasteiger charge is 2.13. The van der Waals surface area contributed by atoms with Crippen molar-refractivity contribution in [1.82, 2.24) is 10.3 Å². The quantitative estimate of drug-likeness (QED) is 0.771. The van der Waals surface area contributed by atoms with Gasteiger partial charge in [-0.1, -0.05) is 17.7 Å². The molecule has 1 amide bonds. The number of halogens is 1. The average molecular weight is 242 g/mol. The van der Waals surface area contributed by atoms with Crippen molar-refractivity contribution in [2.45, 2.75) is 32.4 Å². The van der Waals surface area contributed by atoms with Gasteiger partial charge in [-0.15, -0.1) is 0 Å². The van der Waals surface area contributed by atoms with Crippen molar-refractivity contribution in [1.29, 1.82) is 0 Å². The maximum absolute atomic E-state index is 10.7. The maximum atomic E-state index is 10.7. The van der Waals surface area contributed by atoms with Crippen molar-refractivity contribution in [3.63, 3.8) is 0 Å². The first-order valence-corrected chi connectivity index (χ1v) is 5.53. The van der Waals surface area contributed by atoms with E-state index in [1.807, 2.05) is 26.0 Å². The van der Waals surface area contributed by atoms with Crippen LogP contribution in [-0.4, -0.2) is 16.9 Å². The molecule has 3 N–H and O–H groups in total. The number of nitrogens with two attached hydrogens (primary N) is 1.